The van der Waals surface area contributed by atoms with Crippen LogP contribution in [0.5, 0.6) is 0 Å². The van der Waals surface area contributed by atoms with Crippen LogP contribution in [0.3, 0.4) is 0 Å². The Morgan fingerprint density at radius 2 is 1.81 bits per heavy atom. The zero-order valence-corrected chi connectivity index (χ0v) is 10.7. The maximum Gasteiger partial charge on any atom is 0.0713 e. The SMILES string of the molecule is C#CC(NC)C1CC(CC2CC(CC)C2)C1. The van der Waals surface area contributed by atoms with Gasteiger partial charge in [0.15, 0.2) is 0 Å². The molecule has 1 atom stereocenters. The lowest BCUT2D eigenvalue weighted by molar-refractivity contribution is 0.0874. The number of hydrogen-bond acceptors (Lipinski definition) is 1. The molecule has 0 heterocycles. The van der Waals surface area contributed by atoms with Crippen LogP contribution in [0, 0.1) is 36.0 Å². The van der Waals surface area contributed by atoms with Crippen molar-refractivity contribution in [3.05, 3.63) is 0 Å². The second-order valence-electron chi connectivity index (χ2n) is 5.88. The number of nitrogens with one attached hydrogen (secondary N) is 1. The molecule has 0 aromatic rings. The lowest BCUT2D eigenvalue weighted by atomic mass is 9.63. The molecular weight excluding hydrogens is 194 g/mol. The largest absolute Gasteiger partial charge is 0.307 e. The molecule has 0 saturated heterocycles. The monoisotopic (exact) mass is 219 g/mol. The maximum atomic E-state index is 5.50. The number of hydrogen-bond donors (Lipinski definition) is 1. The molecule has 0 bridgehead atoms. The average molecular weight is 219 g/mol. The van der Waals surface area contributed by atoms with Gasteiger partial charge in [0.25, 0.3) is 0 Å². The highest BCUT2D eigenvalue weighted by molar-refractivity contribution is 5.05. The fraction of sp³-hybridized carbons (Fsp3) is 0.867. The van der Waals surface area contributed by atoms with Crippen LogP contribution in [0.2, 0.25) is 0 Å². The van der Waals surface area contributed by atoms with E-state index < -0.39 is 0 Å². The van der Waals surface area contributed by atoms with Gasteiger partial charge in [0.2, 0.25) is 0 Å². The summed E-state index contributed by atoms with van der Waals surface area (Å²) in [4.78, 5) is 0. The van der Waals surface area contributed by atoms with Crippen LogP contribution in [-0.4, -0.2) is 13.1 Å². The van der Waals surface area contributed by atoms with Gasteiger partial charge in [-0.1, -0.05) is 19.3 Å². The van der Waals surface area contributed by atoms with E-state index in [-0.39, 0.29) is 0 Å². The summed E-state index contributed by atoms with van der Waals surface area (Å²) < 4.78 is 0. The molecule has 0 aromatic heterocycles. The van der Waals surface area contributed by atoms with Crippen LogP contribution in [0.4, 0.5) is 0 Å². The van der Waals surface area contributed by atoms with E-state index >= 15 is 0 Å². The van der Waals surface area contributed by atoms with Crippen molar-refractivity contribution < 1.29 is 0 Å². The van der Waals surface area contributed by atoms with Crippen molar-refractivity contribution in [3.8, 4) is 12.3 Å². The van der Waals surface area contributed by atoms with Gasteiger partial charge in [-0.3, -0.25) is 0 Å². The number of terminal acetylenes is 1. The lowest BCUT2D eigenvalue weighted by Gasteiger charge is -2.44. The summed E-state index contributed by atoms with van der Waals surface area (Å²) in [7, 11) is 1.98. The third-order valence-electron chi connectivity index (χ3n) is 4.81. The zero-order valence-electron chi connectivity index (χ0n) is 10.7. The Labute approximate surface area is 100 Å². The summed E-state index contributed by atoms with van der Waals surface area (Å²) in [5.41, 5.74) is 0. The Kier molecular flexibility index (Phi) is 3.92. The van der Waals surface area contributed by atoms with Crippen LogP contribution in [0.25, 0.3) is 0 Å². The minimum Gasteiger partial charge on any atom is -0.307 e. The Balaban J connectivity index is 1.61. The molecule has 2 aliphatic rings. The Bertz CT molecular complexity index is 253. The Morgan fingerprint density at radius 1 is 1.19 bits per heavy atom. The molecule has 0 spiro atoms. The Hall–Kier alpha value is -0.480. The maximum absolute atomic E-state index is 5.50. The van der Waals surface area contributed by atoms with Crippen molar-refractivity contribution in [1.82, 2.24) is 5.32 Å². The van der Waals surface area contributed by atoms with E-state index in [4.69, 9.17) is 6.42 Å². The van der Waals surface area contributed by atoms with Gasteiger partial charge in [-0.25, -0.2) is 0 Å². The molecule has 1 N–H and O–H groups in total. The van der Waals surface area contributed by atoms with E-state index in [9.17, 15) is 0 Å². The molecular formula is C15H25N. The Morgan fingerprint density at radius 3 is 2.31 bits per heavy atom. The molecule has 0 amide bonds. The third kappa shape index (κ3) is 2.43. The summed E-state index contributed by atoms with van der Waals surface area (Å²) >= 11 is 0. The molecule has 1 heteroatoms. The van der Waals surface area contributed by atoms with Crippen LogP contribution >= 0.6 is 0 Å². The first-order chi connectivity index (χ1) is 7.76. The van der Waals surface area contributed by atoms with Crippen LogP contribution in [0.1, 0.15) is 45.4 Å². The lowest BCUT2D eigenvalue weighted by Crippen LogP contribution is -2.41. The highest BCUT2D eigenvalue weighted by atomic mass is 14.9. The predicted octanol–water partition coefficient (Wildman–Crippen LogP) is 3.06. The van der Waals surface area contributed by atoms with E-state index in [2.05, 4.69) is 18.2 Å². The highest BCUT2D eigenvalue weighted by Crippen LogP contribution is 2.46. The molecule has 1 nitrogen and oxygen atoms in total. The standard InChI is InChI=1S/C15H25N/c1-4-11-6-12(7-11)8-13-9-14(10-13)15(5-2)16-3/h2,11-16H,4,6-10H2,1,3H3. The topological polar surface area (TPSA) is 12.0 Å². The first kappa shape index (κ1) is 12.0. The molecule has 1 unspecified atom stereocenters. The van der Waals surface area contributed by atoms with Gasteiger partial charge >= 0.3 is 0 Å². The molecule has 0 aromatic carbocycles. The van der Waals surface area contributed by atoms with E-state index in [1.807, 2.05) is 7.05 Å². The number of rotatable bonds is 5. The molecule has 16 heavy (non-hydrogen) atoms. The summed E-state index contributed by atoms with van der Waals surface area (Å²) in [5.74, 6) is 6.70. The minimum absolute atomic E-state index is 0.320. The van der Waals surface area contributed by atoms with Crippen LogP contribution < -0.4 is 5.32 Å². The van der Waals surface area contributed by atoms with Crippen LogP contribution in [-0.2, 0) is 0 Å². The first-order valence-corrected chi connectivity index (χ1v) is 6.90. The highest BCUT2D eigenvalue weighted by Gasteiger charge is 2.37. The smallest absolute Gasteiger partial charge is 0.0713 e. The summed E-state index contributed by atoms with van der Waals surface area (Å²) in [6, 6.07) is 0.320. The summed E-state index contributed by atoms with van der Waals surface area (Å²) in [5, 5.41) is 3.24. The van der Waals surface area contributed by atoms with Gasteiger partial charge < -0.3 is 5.32 Å². The van der Waals surface area contributed by atoms with Gasteiger partial charge in [0.05, 0.1) is 6.04 Å². The minimum atomic E-state index is 0.320. The molecule has 90 valence electrons. The molecule has 2 fully saturated rings. The van der Waals surface area contributed by atoms with Crippen molar-refractivity contribution in [2.45, 2.75) is 51.5 Å². The van der Waals surface area contributed by atoms with Gasteiger partial charge in [-0.05, 0) is 62.8 Å². The van der Waals surface area contributed by atoms with E-state index in [1.165, 1.54) is 38.5 Å². The van der Waals surface area contributed by atoms with Crippen molar-refractivity contribution in [1.29, 1.82) is 0 Å². The molecule has 0 aliphatic heterocycles. The first-order valence-electron chi connectivity index (χ1n) is 6.90. The van der Waals surface area contributed by atoms with Gasteiger partial charge in [0, 0.05) is 0 Å². The fourth-order valence-corrected chi connectivity index (χ4v) is 3.58. The van der Waals surface area contributed by atoms with E-state index in [0.717, 1.165) is 23.7 Å². The predicted molar refractivity (Wildman–Crippen MR) is 69.0 cm³/mol. The van der Waals surface area contributed by atoms with E-state index in [0.29, 0.717) is 6.04 Å². The molecule has 2 saturated carbocycles. The van der Waals surface area contributed by atoms with Crippen molar-refractivity contribution in [2.24, 2.45) is 23.7 Å². The summed E-state index contributed by atoms with van der Waals surface area (Å²) in [6.07, 6.45) is 14.1. The second kappa shape index (κ2) is 5.23. The summed E-state index contributed by atoms with van der Waals surface area (Å²) in [6.45, 7) is 2.32. The fourth-order valence-electron chi connectivity index (χ4n) is 3.58. The van der Waals surface area contributed by atoms with Crippen molar-refractivity contribution in [3.63, 3.8) is 0 Å². The quantitative estimate of drug-likeness (QED) is 0.701. The van der Waals surface area contributed by atoms with Crippen LogP contribution in [0.15, 0.2) is 0 Å². The van der Waals surface area contributed by atoms with Gasteiger partial charge in [-0.2, -0.15) is 0 Å². The van der Waals surface area contributed by atoms with Gasteiger partial charge in [-0.15, -0.1) is 6.42 Å². The molecule has 2 aliphatic carbocycles. The normalized spacial score (nSPS) is 39.3. The zero-order chi connectivity index (χ0) is 11.5. The van der Waals surface area contributed by atoms with Crippen molar-refractivity contribution in [2.75, 3.05) is 7.05 Å². The average Bonchev–Trinajstić information content (AvgIpc) is 2.18. The van der Waals surface area contributed by atoms with Crippen molar-refractivity contribution >= 4 is 0 Å². The van der Waals surface area contributed by atoms with E-state index in [1.54, 1.807) is 0 Å². The van der Waals surface area contributed by atoms with Gasteiger partial charge in [0.1, 0.15) is 0 Å². The molecule has 2 rings (SSSR count). The second-order valence-corrected chi connectivity index (χ2v) is 5.88. The third-order valence-corrected chi connectivity index (χ3v) is 4.81. The molecule has 0 radical (unpaired) electrons.